The van der Waals surface area contributed by atoms with Crippen LogP contribution < -0.4 is 5.32 Å². The number of nitrogens with zero attached hydrogens (tertiary/aromatic N) is 1. The lowest BCUT2D eigenvalue weighted by Gasteiger charge is -2.54. The van der Waals surface area contributed by atoms with Gasteiger partial charge in [-0.25, -0.2) is 0 Å². The number of hydrogen-bond acceptors (Lipinski definition) is 3. The van der Waals surface area contributed by atoms with Crippen molar-refractivity contribution in [1.29, 1.82) is 0 Å². The van der Waals surface area contributed by atoms with Gasteiger partial charge in [0.2, 0.25) is 0 Å². The summed E-state index contributed by atoms with van der Waals surface area (Å²) in [6, 6.07) is 0. The van der Waals surface area contributed by atoms with Crippen LogP contribution in [-0.4, -0.2) is 47.1 Å². The van der Waals surface area contributed by atoms with Crippen LogP contribution in [0.5, 0.6) is 0 Å². The largest absolute Gasteiger partial charge is 0.308 e. The average Bonchev–Trinajstić information content (AvgIpc) is 2.51. The number of thioether (sulfide) groups is 1. The Morgan fingerprint density at radius 2 is 1.65 bits per heavy atom. The van der Waals surface area contributed by atoms with Crippen molar-refractivity contribution in [3.8, 4) is 0 Å². The fourth-order valence-corrected chi connectivity index (χ4v) is 4.16. The Labute approximate surface area is 131 Å². The van der Waals surface area contributed by atoms with Crippen molar-refractivity contribution < 1.29 is 0 Å². The molecule has 0 aromatic carbocycles. The summed E-state index contributed by atoms with van der Waals surface area (Å²) in [5.74, 6) is 2.57. The summed E-state index contributed by atoms with van der Waals surface area (Å²) in [6.07, 6.45) is 6.35. The molecule has 1 rings (SSSR count). The van der Waals surface area contributed by atoms with Gasteiger partial charge in [-0.15, -0.1) is 0 Å². The molecule has 0 aromatic rings. The molecule has 0 aliphatic carbocycles. The third-order valence-electron chi connectivity index (χ3n) is 5.55. The maximum Gasteiger partial charge on any atom is 0.0329 e. The zero-order valence-corrected chi connectivity index (χ0v) is 15.2. The first-order valence-electron chi connectivity index (χ1n) is 8.69. The third kappa shape index (κ3) is 4.14. The van der Waals surface area contributed by atoms with Crippen LogP contribution in [0.15, 0.2) is 0 Å². The number of piperazine rings is 1. The monoisotopic (exact) mass is 300 g/mol. The highest BCUT2D eigenvalue weighted by atomic mass is 32.2. The van der Waals surface area contributed by atoms with Gasteiger partial charge in [-0.3, -0.25) is 4.90 Å². The van der Waals surface area contributed by atoms with Gasteiger partial charge in [0.15, 0.2) is 0 Å². The van der Waals surface area contributed by atoms with E-state index in [2.05, 4.69) is 56.6 Å². The highest BCUT2D eigenvalue weighted by Crippen LogP contribution is 2.33. The van der Waals surface area contributed by atoms with Crippen molar-refractivity contribution in [3.05, 3.63) is 0 Å². The molecule has 0 saturated carbocycles. The van der Waals surface area contributed by atoms with E-state index >= 15 is 0 Å². The number of rotatable bonds is 9. The minimum Gasteiger partial charge on any atom is -0.308 e. The highest BCUT2D eigenvalue weighted by Gasteiger charge is 2.43. The van der Waals surface area contributed by atoms with Gasteiger partial charge in [0.05, 0.1) is 0 Å². The molecule has 0 atom stereocenters. The minimum absolute atomic E-state index is 0.353. The van der Waals surface area contributed by atoms with E-state index in [1.54, 1.807) is 0 Å². The SMILES string of the molecule is CCSCCCN1CC(CC)(CC)NCC1(CC)CC. The lowest BCUT2D eigenvalue weighted by atomic mass is 9.80. The summed E-state index contributed by atoms with van der Waals surface area (Å²) in [7, 11) is 0. The van der Waals surface area contributed by atoms with Crippen LogP contribution in [0.4, 0.5) is 0 Å². The van der Waals surface area contributed by atoms with Crippen molar-refractivity contribution in [2.45, 2.75) is 77.8 Å². The third-order valence-corrected chi connectivity index (χ3v) is 6.53. The summed E-state index contributed by atoms with van der Waals surface area (Å²) in [6.45, 7) is 15.4. The zero-order valence-electron chi connectivity index (χ0n) is 14.4. The van der Waals surface area contributed by atoms with Crippen LogP contribution in [-0.2, 0) is 0 Å². The fourth-order valence-electron chi connectivity index (χ4n) is 3.54. The molecule has 1 heterocycles. The van der Waals surface area contributed by atoms with Crippen molar-refractivity contribution in [1.82, 2.24) is 10.2 Å². The molecule has 1 aliphatic heterocycles. The first-order valence-corrected chi connectivity index (χ1v) is 9.85. The first-order chi connectivity index (χ1) is 9.62. The topological polar surface area (TPSA) is 15.3 Å². The lowest BCUT2D eigenvalue weighted by Crippen LogP contribution is -2.69. The van der Waals surface area contributed by atoms with E-state index in [1.165, 1.54) is 63.2 Å². The molecule has 1 saturated heterocycles. The van der Waals surface area contributed by atoms with Crippen LogP contribution >= 0.6 is 11.8 Å². The van der Waals surface area contributed by atoms with E-state index in [0.29, 0.717) is 11.1 Å². The Bertz CT molecular complexity index is 260. The molecule has 3 heteroatoms. The molecule has 0 unspecified atom stereocenters. The van der Waals surface area contributed by atoms with Crippen molar-refractivity contribution >= 4 is 11.8 Å². The van der Waals surface area contributed by atoms with Gasteiger partial charge in [0.25, 0.3) is 0 Å². The second-order valence-electron chi connectivity index (χ2n) is 6.24. The Kier molecular flexibility index (Phi) is 7.92. The summed E-state index contributed by atoms with van der Waals surface area (Å²) >= 11 is 2.08. The molecule has 1 fully saturated rings. The standard InChI is InChI=1S/C17H36N2S/c1-6-16(7-2)15-19(12-11-13-20-10-5)17(8-3,9-4)14-18-16/h18H,6-15H2,1-5H3. The van der Waals surface area contributed by atoms with Gasteiger partial charge < -0.3 is 5.32 Å². The van der Waals surface area contributed by atoms with Gasteiger partial charge in [0.1, 0.15) is 0 Å². The summed E-state index contributed by atoms with van der Waals surface area (Å²) in [5.41, 5.74) is 0.746. The zero-order chi connectivity index (χ0) is 15.1. The maximum atomic E-state index is 3.91. The molecule has 1 N–H and O–H groups in total. The Morgan fingerprint density at radius 3 is 2.15 bits per heavy atom. The summed E-state index contributed by atoms with van der Waals surface area (Å²) in [4.78, 5) is 2.83. The van der Waals surface area contributed by atoms with Crippen LogP contribution in [0.1, 0.15) is 66.7 Å². The van der Waals surface area contributed by atoms with Crippen LogP contribution in [0.3, 0.4) is 0 Å². The second-order valence-corrected chi connectivity index (χ2v) is 7.64. The molecule has 0 aromatic heterocycles. The average molecular weight is 301 g/mol. The molecular weight excluding hydrogens is 264 g/mol. The normalized spacial score (nSPS) is 22.1. The van der Waals surface area contributed by atoms with E-state index < -0.39 is 0 Å². The van der Waals surface area contributed by atoms with Gasteiger partial charge in [-0.2, -0.15) is 11.8 Å². The molecule has 2 nitrogen and oxygen atoms in total. The maximum absolute atomic E-state index is 3.91. The van der Waals surface area contributed by atoms with Gasteiger partial charge in [-0.05, 0) is 50.2 Å². The van der Waals surface area contributed by atoms with Gasteiger partial charge >= 0.3 is 0 Å². The molecule has 0 spiro atoms. The molecule has 20 heavy (non-hydrogen) atoms. The van der Waals surface area contributed by atoms with Crippen LogP contribution in [0.2, 0.25) is 0 Å². The smallest absolute Gasteiger partial charge is 0.0329 e. The summed E-state index contributed by atoms with van der Waals surface area (Å²) in [5, 5.41) is 3.91. The minimum atomic E-state index is 0.353. The number of nitrogens with one attached hydrogen (secondary N) is 1. The van der Waals surface area contributed by atoms with E-state index in [0.717, 1.165) is 0 Å². The molecule has 0 amide bonds. The van der Waals surface area contributed by atoms with Crippen LogP contribution in [0, 0.1) is 0 Å². The first kappa shape index (κ1) is 18.3. The van der Waals surface area contributed by atoms with Crippen molar-refractivity contribution in [2.75, 3.05) is 31.1 Å². The molecule has 0 radical (unpaired) electrons. The van der Waals surface area contributed by atoms with Crippen molar-refractivity contribution in [2.24, 2.45) is 0 Å². The fraction of sp³-hybridized carbons (Fsp3) is 1.00. The van der Waals surface area contributed by atoms with Crippen molar-refractivity contribution in [3.63, 3.8) is 0 Å². The van der Waals surface area contributed by atoms with Crippen LogP contribution in [0.25, 0.3) is 0 Å². The lowest BCUT2D eigenvalue weighted by molar-refractivity contribution is -0.00441. The molecule has 1 aliphatic rings. The predicted molar refractivity (Wildman–Crippen MR) is 93.8 cm³/mol. The Balaban J connectivity index is 2.72. The van der Waals surface area contributed by atoms with E-state index in [1.807, 2.05) is 0 Å². The van der Waals surface area contributed by atoms with E-state index in [9.17, 15) is 0 Å². The molecule has 120 valence electrons. The summed E-state index contributed by atoms with van der Waals surface area (Å²) < 4.78 is 0. The van der Waals surface area contributed by atoms with Gasteiger partial charge in [0, 0.05) is 24.2 Å². The van der Waals surface area contributed by atoms with Gasteiger partial charge in [-0.1, -0.05) is 34.6 Å². The van der Waals surface area contributed by atoms with E-state index in [4.69, 9.17) is 0 Å². The molecule has 0 bridgehead atoms. The second kappa shape index (κ2) is 8.65. The quantitative estimate of drug-likeness (QED) is 0.644. The Hall–Kier alpha value is 0.270. The van der Waals surface area contributed by atoms with E-state index in [-0.39, 0.29) is 0 Å². The molecular formula is C17H36N2S. The number of hydrogen-bond donors (Lipinski definition) is 1. The predicted octanol–water partition coefficient (Wildman–Crippen LogP) is 4.15. The Morgan fingerprint density at radius 1 is 1.00 bits per heavy atom. The highest BCUT2D eigenvalue weighted by molar-refractivity contribution is 7.99.